The van der Waals surface area contributed by atoms with Crippen molar-refractivity contribution in [3.63, 3.8) is 0 Å². The second-order valence-corrected chi connectivity index (χ2v) is 9.83. The van der Waals surface area contributed by atoms with Crippen LogP contribution in [0.4, 0.5) is 5.69 Å². The molecule has 0 bridgehead atoms. The van der Waals surface area contributed by atoms with Crippen molar-refractivity contribution in [1.29, 1.82) is 0 Å². The summed E-state index contributed by atoms with van der Waals surface area (Å²) in [4.78, 5) is 29.2. The predicted octanol–water partition coefficient (Wildman–Crippen LogP) is 5.17. The number of thiophene rings is 1. The molecular formula is C24H30N2O3S. The third-order valence-corrected chi connectivity index (χ3v) is 7.75. The maximum Gasteiger partial charge on any atom is 0.348 e. The van der Waals surface area contributed by atoms with Crippen molar-refractivity contribution >= 4 is 28.9 Å². The number of amides is 1. The van der Waals surface area contributed by atoms with E-state index in [0.717, 1.165) is 62.1 Å². The molecule has 1 aliphatic carbocycles. The summed E-state index contributed by atoms with van der Waals surface area (Å²) in [6.07, 6.45) is 6.75. The topological polar surface area (TPSA) is 69.6 Å². The molecule has 0 atom stereocenters. The van der Waals surface area contributed by atoms with Crippen LogP contribution in [0.1, 0.15) is 61.5 Å². The van der Waals surface area contributed by atoms with Gasteiger partial charge in [-0.25, -0.2) is 4.79 Å². The van der Waals surface area contributed by atoms with Gasteiger partial charge in [0, 0.05) is 16.3 Å². The van der Waals surface area contributed by atoms with Crippen LogP contribution in [-0.2, 0) is 4.79 Å². The standard InChI is InChI=1S/C24H30N2O3S/c1-24(12-6-3-7-13-24)23(29)26(18-10-14-25-15-11-18)19-16-20(30-21(19)22(27)28)17-8-4-2-5-9-17/h2,4-5,8-9,16,18,25H,3,6-7,10-15H2,1H3,(H,27,28). The van der Waals surface area contributed by atoms with Gasteiger partial charge < -0.3 is 15.3 Å². The number of carboxylic acid groups (broad SMARTS) is 1. The third-order valence-electron chi connectivity index (χ3n) is 6.59. The molecule has 6 heteroatoms. The summed E-state index contributed by atoms with van der Waals surface area (Å²) in [5, 5.41) is 13.4. The van der Waals surface area contributed by atoms with Crippen LogP contribution in [0.25, 0.3) is 10.4 Å². The quantitative estimate of drug-likeness (QED) is 0.692. The molecule has 0 radical (unpaired) electrons. The summed E-state index contributed by atoms with van der Waals surface area (Å²) in [7, 11) is 0. The molecule has 2 aliphatic rings. The Kier molecular flexibility index (Phi) is 6.25. The van der Waals surface area contributed by atoms with Crippen molar-refractivity contribution in [2.45, 2.75) is 57.9 Å². The van der Waals surface area contributed by atoms with E-state index in [4.69, 9.17) is 0 Å². The second kappa shape index (κ2) is 8.90. The number of carbonyl (C=O) groups is 2. The largest absolute Gasteiger partial charge is 0.477 e. The van der Waals surface area contributed by atoms with E-state index in [1.54, 1.807) is 0 Å². The molecule has 1 aromatic heterocycles. The van der Waals surface area contributed by atoms with Crippen LogP contribution in [0, 0.1) is 5.41 Å². The maximum absolute atomic E-state index is 14.0. The summed E-state index contributed by atoms with van der Waals surface area (Å²) < 4.78 is 0. The molecular weight excluding hydrogens is 396 g/mol. The molecule has 2 fully saturated rings. The predicted molar refractivity (Wildman–Crippen MR) is 121 cm³/mol. The van der Waals surface area contributed by atoms with Crippen molar-refractivity contribution in [3.05, 3.63) is 41.3 Å². The van der Waals surface area contributed by atoms with Gasteiger partial charge in [-0.15, -0.1) is 11.3 Å². The number of carboxylic acids is 1. The van der Waals surface area contributed by atoms with E-state index in [0.29, 0.717) is 5.69 Å². The molecule has 5 nitrogen and oxygen atoms in total. The number of nitrogens with one attached hydrogen (secondary N) is 1. The number of aromatic carboxylic acids is 1. The minimum absolute atomic E-state index is 0.0359. The van der Waals surface area contributed by atoms with Gasteiger partial charge in [0.15, 0.2) is 0 Å². The average Bonchev–Trinajstić information content (AvgIpc) is 3.21. The molecule has 1 saturated carbocycles. The molecule has 2 heterocycles. The van der Waals surface area contributed by atoms with Crippen LogP contribution in [-0.4, -0.2) is 36.1 Å². The fourth-order valence-corrected chi connectivity index (χ4v) is 5.83. The lowest BCUT2D eigenvalue weighted by Gasteiger charge is -2.42. The maximum atomic E-state index is 14.0. The van der Waals surface area contributed by atoms with Crippen molar-refractivity contribution in [1.82, 2.24) is 5.32 Å². The number of rotatable bonds is 5. The number of anilines is 1. The van der Waals surface area contributed by atoms with Crippen LogP contribution in [0.15, 0.2) is 36.4 Å². The first-order valence-corrected chi connectivity index (χ1v) is 11.8. The molecule has 0 spiro atoms. The van der Waals surface area contributed by atoms with Gasteiger partial charge in [-0.1, -0.05) is 56.5 Å². The molecule has 2 N–H and O–H groups in total. The van der Waals surface area contributed by atoms with E-state index in [1.165, 1.54) is 17.8 Å². The highest BCUT2D eigenvalue weighted by molar-refractivity contribution is 7.18. The van der Waals surface area contributed by atoms with Crippen LogP contribution in [0.5, 0.6) is 0 Å². The van der Waals surface area contributed by atoms with E-state index < -0.39 is 11.4 Å². The summed E-state index contributed by atoms with van der Waals surface area (Å²) >= 11 is 1.27. The summed E-state index contributed by atoms with van der Waals surface area (Å²) in [6, 6.07) is 11.8. The minimum Gasteiger partial charge on any atom is -0.477 e. The zero-order valence-electron chi connectivity index (χ0n) is 17.5. The zero-order chi connectivity index (χ0) is 21.1. The van der Waals surface area contributed by atoms with Crippen molar-refractivity contribution in [3.8, 4) is 10.4 Å². The van der Waals surface area contributed by atoms with Crippen molar-refractivity contribution in [2.75, 3.05) is 18.0 Å². The van der Waals surface area contributed by atoms with Gasteiger partial charge in [-0.3, -0.25) is 4.79 Å². The second-order valence-electron chi connectivity index (χ2n) is 8.77. The Labute approximate surface area is 182 Å². The highest BCUT2D eigenvalue weighted by Gasteiger charge is 2.42. The number of benzene rings is 1. The van der Waals surface area contributed by atoms with E-state index in [-0.39, 0.29) is 16.8 Å². The lowest BCUT2D eigenvalue weighted by atomic mass is 9.74. The van der Waals surface area contributed by atoms with Crippen LogP contribution < -0.4 is 10.2 Å². The monoisotopic (exact) mass is 426 g/mol. The molecule has 30 heavy (non-hydrogen) atoms. The van der Waals surface area contributed by atoms with Gasteiger partial charge in [0.2, 0.25) is 5.91 Å². The Balaban J connectivity index is 1.79. The lowest BCUT2D eigenvalue weighted by molar-refractivity contribution is -0.129. The number of carbonyl (C=O) groups excluding carboxylic acids is 1. The molecule has 4 rings (SSSR count). The first-order chi connectivity index (χ1) is 14.5. The Hall–Kier alpha value is -2.18. The molecule has 2 aromatic rings. The molecule has 1 aromatic carbocycles. The first-order valence-electron chi connectivity index (χ1n) is 11.0. The number of hydrogen-bond acceptors (Lipinski definition) is 4. The number of piperidine rings is 1. The van der Waals surface area contributed by atoms with Crippen LogP contribution in [0.2, 0.25) is 0 Å². The third kappa shape index (κ3) is 4.16. The number of nitrogens with zero attached hydrogens (tertiary/aromatic N) is 1. The van der Waals surface area contributed by atoms with Crippen LogP contribution >= 0.6 is 11.3 Å². The smallest absolute Gasteiger partial charge is 0.348 e. The molecule has 0 unspecified atom stereocenters. The normalized spacial score (nSPS) is 19.4. The van der Waals surface area contributed by atoms with Crippen molar-refractivity contribution < 1.29 is 14.7 Å². The highest BCUT2D eigenvalue weighted by Crippen LogP contribution is 2.43. The van der Waals surface area contributed by atoms with E-state index in [1.807, 2.05) is 41.3 Å². The summed E-state index contributed by atoms with van der Waals surface area (Å²) in [6.45, 7) is 3.78. The molecule has 160 valence electrons. The van der Waals surface area contributed by atoms with Gasteiger partial charge in [0.05, 0.1) is 5.69 Å². The first kappa shape index (κ1) is 21.1. The van der Waals surface area contributed by atoms with Gasteiger partial charge in [0.25, 0.3) is 0 Å². The highest BCUT2D eigenvalue weighted by atomic mass is 32.1. The van der Waals surface area contributed by atoms with E-state index in [9.17, 15) is 14.7 Å². The fourth-order valence-electron chi connectivity index (χ4n) is 4.83. The van der Waals surface area contributed by atoms with Gasteiger partial charge in [-0.05, 0) is 50.4 Å². The number of hydrogen-bond donors (Lipinski definition) is 2. The zero-order valence-corrected chi connectivity index (χ0v) is 18.3. The summed E-state index contributed by atoms with van der Waals surface area (Å²) in [5.41, 5.74) is 1.15. The molecule has 1 saturated heterocycles. The van der Waals surface area contributed by atoms with E-state index >= 15 is 0 Å². The van der Waals surface area contributed by atoms with Crippen molar-refractivity contribution in [2.24, 2.45) is 5.41 Å². The minimum atomic E-state index is -0.960. The Morgan fingerprint density at radius 2 is 1.77 bits per heavy atom. The van der Waals surface area contributed by atoms with Gasteiger partial charge in [-0.2, -0.15) is 0 Å². The average molecular weight is 427 g/mol. The van der Waals surface area contributed by atoms with Crippen LogP contribution in [0.3, 0.4) is 0 Å². The molecule has 1 amide bonds. The van der Waals surface area contributed by atoms with E-state index in [2.05, 4.69) is 12.2 Å². The Bertz CT molecular complexity index is 896. The fraction of sp³-hybridized carbons (Fsp3) is 0.500. The van der Waals surface area contributed by atoms with Gasteiger partial charge in [0.1, 0.15) is 4.88 Å². The molecule has 1 aliphatic heterocycles. The lowest BCUT2D eigenvalue weighted by Crippen LogP contribution is -2.52. The Morgan fingerprint density at radius 3 is 2.40 bits per heavy atom. The summed E-state index contributed by atoms with van der Waals surface area (Å²) in [5.74, 6) is -0.855. The SMILES string of the molecule is CC1(C(=O)N(c2cc(-c3ccccc3)sc2C(=O)O)C2CCNCC2)CCCCC1. The Morgan fingerprint density at radius 1 is 1.10 bits per heavy atom. The van der Waals surface area contributed by atoms with Gasteiger partial charge >= 0.3 is 5.97 Å².